The number of allylic oxidation sites excluding steroid dienone is 2. The summed E-state index contributed by atoms with van der Waals surface area (Å²) in [4.78, 5) is 7.60. The molecule has 12 atom stereocenters. The minimum absolute atomic E-state index is 0.156. The van der Waals surface area contributed by atoms with Crippen LogP contribution >= 0.6 is 0 Å². The molecule has 0 bridgehead atoms. The van der Waals surface area contributed by atoms with Gasteiger partial charge in [0.2, 0.25) is 0 Å². The second-order valence-corrected chi connectivity index (χ2v) is 23.4. The Morgan fingerprint density at radius 2 is 1.65 bits per heavy atom. The lowest BCUT2D eigenvalue weighted by Crippen LogP contribution is -2.62. The van der Waals surface area contributed by atoms with Crippen LogP contribution in [0.4, 0.5) is 0 Å². The van der Waals surface area contributed by atoms with Crippen molar-refractivity contribution in [3.8, 4) is 0 Å². The fraction of sp³-hybridized carbons (Fsp3) is 0.830. The number of fused-ring (bicyclic) bond motifs is 5. The van der Waals surface area contributed by atoms with E-state index in [9.17, 15) is 0 Å². The van der Waals surface area contributed by atoms with E-state index in [2.05, 4.69) is 118 Å². The van der Waals surface area contributed by atoms with Crippen molar-refractivity contribution < 1.29 is 0 Å². The second kappa shape index (κ2) is 17.8. The van der Waals surface area contributed by atoms with Gasteiger partial charge in [-0.25, -0.2) is 4.98 Å². The third kappa shape index (κ3) is 8.90. The quantitative estimate of drug-likeness (QED) is 0.155. The van der Waals surface area contributed by atoms with Gasteiger partial charge in [-0.2, -0.15) is 0 Å². The fourth-order valence-electron chi connectivity index (χ4n) is 14.1. The summed E-state index contributed by atoms with van der Waals surface area (Å²) >= 11 is 0. The predicted molar refractivity (Wildman–Crippen MR) is 247 cm³/mol. The van der Waals surface area contributed by atoms with Crippen LogP contribution in [-0.2, 0) is 6.42 Å². The Hall–Kier alpha value is -1.65. The molecule has 5 aliphatic carbocycles. The first-order chi connectivity index (χ1) is 26.6. The molecule has 4 nitrogen and oxygen atoms in total. The van der Waals surface area contributed by atoms with Crippen molar-refractivity contribution in [3.05, 3.63) is 54.2 Å². The summed E-state index contributed by atoms with van der Waals surface area (Å²) in [5.41, 5.74) is 12.9. The normalized spacial score (nSPS) is 37.9. The highest BCUT2D eigenvalue weighted by Gasteiger charge is 2.71. The number of H-pyrrole nitrogens is 1. The molecular formula is C53H92N4. The summed E-state index contributed by atoms with van der Waals surface area (Å²) in [6.07, 6.45) is 27.7. The standard InChI is InChI=1S/C46H77N3.C7H15N/c1-31(2)16-15-17-33(5)42(10)22-23-45(13)40-19-18-37-27-36(20-21-43(37,11)44(40,12)24-25-46(42,45)14)26-34(6)41(8,9)49-39(35(7)32(3)4)28-38-29-47-30-48-38;1-6-2-3-7(4-6)5-8/h18,29-31,33,35-36,39-40,49H,3,6,15-17,19-28H2,1-2,4-5,7-14H3,(H,47,48);6-7H,2-5,8H2,1H3/t33-,35?,36?,39+,40?,42-,43?,44+,45+,46?;6-,7?/m10/s1. The Bertz CT molecular complexity index is 1540. The number of imidazole rings is 1. The molecule has 1 aromatic heterocycles. The van der Waals surface area contributed by atoms with Crippen LogP contribution in [0.2, 0.25) is 0 Å². The highest BCUT2D eigenvalue weighted by molar-refractivity contribution is 5.31. The summed E-state index contributed by atoms with van der Waals surface area (Å²) in [6.45, 7) is 42.6. The van der Waals surface area contributed by atoms with Gasteiger partial charge in [-0.05, 0) is 166 Å². The minimum atomic E-state index is -0.156. The Labute approximate surface area is 353 Å². The third-order valence-corrected chi connectivity index (χ3v) is 19.5. The van der Waals surface area contributed by atoms with Crippen molar-refractivity contribution in [2.75, 3.05) is 6.54 Å². The maximum atomic E-state index is 5.50. The molecule has 324 valence electrons. The zero-order chi connectivity index (χ0) is 42.2. The largest absolute Gasteiger partial charge is 0.348 e. The van der Waals surface area contributed by atoms with E-state index in [0.29, 0.717) is 38.9 Å². The van der Waals surface area contributed by atoms with Gasteiger partial charge in [0.1, 0.15) is 0 Å². The number of nitrogens with one attached hydrogen (secondary N) is 2. The van der Waals surface area contributed by atoms with Gasteiger partial charge >= 0.3 is 0 Å². The Kier molecular flexibility index (Phi) is 14.5. The number of nitrogens with two attached hydrogens (primary N) is 1. The molecule has 0 saturated heterocycles. The van der Waals surface area contributed by atoms with Crippen molar-refractivity contribution in [3.63, 3.8) is 0 Å². The van der Waals surface area contributed by atoms with Crippen LogP contribution in [0.3, 0.4) is 0 Å². The number of aromatic amines is 1. The topological polar surface area (TPSA) is 66.7 Å². The highest BCUT2D eigenvalue weighted by Crippen LogP contribution is 2.79. The van der Waals surface area contributed by atoms with E-state index in [0.717, 1.165) is 49.0 Å². The molecule has 5 aliphatic rings. The average molecular weight is 785 g/mol. The van der Waals surface area contributed by atoms with Gasteiger partial charge in [-0.15, -0.1) is 0 Å². The third-order valence-electron chi connectivity index (χ3n) is 19.5. The van der Waals surface area contributed by atoms with Crippen LogP contribution in [-0.4, -0.2) is 28.1 Å². The van der Waals surface area contributed by atoms with Crippen LogP contribution in [0.15, 0.2) is 48.5 Å². The molecule has 6 unspecified atom stereocenters. The first-order valence-corrected chi connectivity index (χ1v) is 24.0. The molecule has 1 heterocycles. The van der Waals surface area contributed by atoms with Gasteiger partial charge in [-0.1, -0.05) is 131 Å². The van der Waals surface area contributed by atoms with Crippen LogP contribution in [0.25, 0.3) is 0 Å². The lowest BCUT2D eigenvalue weighted by Gasteiger charge is -2.69. The molecule has 4 heteroatoms. The summed E-state index contributed by atoms with van der Waals surface area (Å²) < 4.78 is 0. The van der Waals surface area contributed by atoms with Gasteiger partial charge in [-0.3, -0.25) is 0 Å². The summed E-state index contributed by atoms with van der Waals surface area (Å²) in [7, 11) is 0. The van der Waals surface area contributed by atoms with Crippen LogP contribution < -0.4 is 11.1 Å². The van der Waals surface area contributed by atoms with Gasteiger partial charge < -0.3 is 16.0 Å². The van der Waals surface area contributed by atoms with E-state index in [1.54, 1.807) is 11.9 Å². The summed E-state index contributed by atoms with van der Waals surface area (Å²) in [5.74, 6) is 5.25. The SMILES string of the molecule is C=C(C)C(C)[C@H](Cc1cnc[nH]1)NC(C)(C)C(=C)CC1CCC2(C)C(=CCC3[C@]2(C)CCC2(C)[C@@]3(C)CC[C@]2(C)[C@H](C)CCCC(C)C)C1.C[C@H]1CCC(CN)C1. The Morgan fingerprint density at radius 3 is 2.23 bits per heavy atom. The summed E-state index contributed by atoms with van der Waals surface area (Å²) in [5, 5.41) is 4.05. The molecule has 0 radical (unpaired) electrons. The second-order valence-electron chi connectivity index (χ2n) is 23.4. The molecule has 4 saturated carbocycles. The minimum Gasteiger partial charge on any atom is -0.348 e. The van der Waals surface area contributed by atoms with E-state index in [1.807, 2.05) is 6.20 Å². The molecule has 4 fully saturated rings. The Balaban J connectivity index is 0.000000690. The van der Waals surface area contributed by atoms with E-state index in [-0.39, 0.29) is 11.6 Å². The predicted octanol–water partition coefficient (Wildman–Crippen LogP) is 14.1. The van der Waals surface area contributed by atoms with E-state index in [1.165, 1.54) is 107 Å². The molecular weight excluding hydrogens is 693 g/mol. The lowest BCUT2D eigenvalue weighted by atomic mass is 9.35. The molecule has 0 amide bonds. The van der Waals surface area contributed by atoms with E-state index in [4.69, 9.17) is 12.3 Å². The van der Waals surface area contributed by atoms with Gasteiger partial charge in [0, 0.05) is 29.9 Å². The first kappa shape index (κ1) is 46.4. The van der Waals surface area contributed by atoms with E-state index >= 15 is 0 Å². The van der Waals surface area contributed by atoms with Crippen molar-refractivity contribution in [1.82, 2.24) is 15.3 Å². The highest BCUT2D eigenvalue weighted by atomic mass is 15.0. The smallest absolute Gasteiger partial charge is 0.0921 e. The summed E-state index contributed by atoms with van der Waals surface area (Å²) in [6, 6.07) is 0.274. The average Bonchev–Trinajstić information content (AvgIpc) is 3.88. The van der Waals surface area contributed by atoms with Gasteiger partial charge in [0.15, 0.2) is 0 Å². The molecule has 6 rings (SSSR count). The zero-order valence-electron chi connectivity index (χ0n) is 39.8. The van der Waals surface area contributed by atoms with Crippen molar-refractivity contribution in [2.24, 2.45) is 74.2 Å². The molecule has 0 aliphatic heterocycles. The number of hydrogen-bond donors (Lipinski definition) is 3. The molecule has 0 spiro atoms. The molecule has 4 N–H and O–H groups in total. The van der Waals surface area contributed by atoms with Crippen molar-refractivity contribution in [2.45, 2.75) is 204 Å². The monoisotopic (exact) mass is 785 g/mol. The van der Waals surface area contributed by atoms with Crippen molar-refractivity contribution in [1.29, 1.82) is 0 Å². The zero-order valence-corrected chi connectivity index (χ0v) is 39.8. The maximum Gasteiger partial charge on any atom is 0.0921 e. The van der Waals surface area contributed by atoms with Crippen molar-refractivity contribution >= 4 is 0 Å². The first-order valence-electron chi connectivity index (χ1n) is 24.0. The van der Waals surface area contributed by atoms with Crippen LogP contribution in [0.1, 0.15) is 192 Å². The van der Waals surface area contributed by atoms with E-state index < -0.39 is 0 Å². The maximum absolute atomic E-state index is 5.50. The fourth-order valence-corrected chi connectivity index (χ4v) is 14.1. The number of aromatic nitrogens is 2. The molecule has 57 heavy (non-hydrogen) atoms. The Morgan fingerprint density at radius 1 is 0.947 bits per heavy atom. The number of nitrogens with zero attached hydrogens (tertiary/aromatic N) is 1. The van der Waals surface area contributed by atoms with Crippen LogP contribution in [0, 0.1) is 68.5 Å². The number of rotatable bonds is 15. The van der Waals surface area contributed by atoms with Gasteiger partial charge in [0.25, 0.3) is 0 Å². The molecule has 0 aromatic carbocycles. The lowest BCUT2D eigenvalue weighted by molar-refractivity contribution is -0.181. The molecule has 1 aromatic rings. The van der Waals surface area contributed by atoms with Crippen LogP contribution in [0.5, 0.6) is 0 Å². The number of hydrogen-bond acceptors (Lipinski definition) is 3. The van der Waals surface area contributed by atoms with Gasteiger partial charge in [0.05, 0.1) is 6.33 Å².